The van der Waals surface area contributed by atoms with Crippen molar-refractivity contribution >= 4 is 39.4 Å². The molecule has 2 aromatic rings. The first-order valence-corrected chi connectivity index (χ1v) is 8.50. The molecule has 0 aliphatic heterocycles. The second-order valence-electron chi connectivity index (χ2n) is 5.19. The Bertz CT molecular complexity index is 842. The Morgan fingerprint density at radius 3 is 2.62 bits per heavy atom. The number of benzene rings is 2. The van der Waals surface area contributed by atoms with Gasteiger partial charge in [0.05, 0.1) is 5.56 Å². The van der Waals surface area contributed by atoms with Gasteiger partial charge in [-0.05, 0) is 43.3 Å². The van der Waals surface area contributed by atoms with Gasteiger partial charge < -0.3 is 15.4 Å². The van der Waals surface area contributed by atoms with Crippen LogP contribution in [0.4, 0.5) is 10.1 Å². The van der Waals surface area contributed by atoms with Gasteiger partial charge in [-0.15, -0.1) is 0 Å². The lowest BCUT2D eigenvalue weighted by atomic mass is 10.2. The van der Waals surface area contributed by atoms with Gasteiger partial charge in [0.2, 0.25) is 0 Å². The maximum Gasteiger partial charge on any atom is 0.341 e. The van der Waals surface area contributed by atoms with Crippen molar-refractivity contribution in [1.29, 1.82) is 0 Å². The second kappa shape index (κ2) is 9.10. The Labute approximate surface area is 157 Å². The van der Waals surface area contributed by atoms with Crippen LogP contribution in [0.15, 0.2) is 46.9 Å². The molecule has 0 heterocycles. The SMILES string of the molecule is CCNC(=O)c1cccc(NC(=O)COC(=O)c2ccc(Br)cc2F)c1. The van der Waals surface area contributed by atoms with Crippen LogP contribution in [-0.4, -0.2) is 30.9 Å². The first-order valence-electron chi connectivity index (χ1n) is 7.71. The Morgan fingerprint density at radius 1 is 1.15 bits per heavy atom. The fraction of sp³-hybridized carbons (Fsp3) is 0.167. The minimum atomic E-state index is -0.943. The zero-order valence-electron chi connectivity index (χ0n) is 13.8. The molecular formula is C18H16BrFN2O4. The number of esters is 1. The number of anilines is 1. The molecule has 0 aromatic heterocycles. The molecule has 0 spiro atoms. The van der Waals surface area contributed by atoms with Crippen molar-refractivity contribution in [1.82, 2.24) is 5.32 Å². The fourth-order valence-electron chi connectivity index (χ4n) is 2.06. The largest absolute Gasteiger partial charge is 0.452 e. The van der Waals surface area contributed by atoms with E-state index in [1.54, 1.807) is 25.1 Å². The van der Waals surface area contributed by atoms with Crippen molar-refractivity contribution in [3.63, 3.8) is 0 Å². The zero-order valence-corrected chi connectivity index (χ0v) is 15.4. The van der Waals surface area contributed by atoms with Crippen molar-refractivity contribution in [2.24, 2.45) is 0 Å². The van der Waals surface area contributed by atoms with Gasteiger partial charge in [-0.25, -0.2) is 9.18 Å². The predicted octanol–water partition coefficient (Wildman–Crippen LogP) is 3.13. The summed E-state index contributed by atoms with van der Waals surface area (Å²) in [5.41, 5.74) is 0.502. The van der Waals surface area contributed by atoms with Crippen molar-refractivity contribution in [2.75, 3.05) is 18.5 Å². The highest BCUT2D eigenvalue weighted by molar-refractivity contribution is 9.10. The van der Waals surface area contributed by atoms with E-state index in [1.807, 2.05) is 0 Å². The average Bonchev–Trinajstić information content (AvgIpc) is 2.60. The van der Waals surface area contributed by atoms with Crippen LogP contribution < -0.4 is 10.6 Å². The van der Waals surface area contributed by atoms with E-state index in [9.17, 15) is 18.8 Å². The number of amides is 2. The minimum absolute atomic E-state index is 0.263. The lowest BCUT2D eigenvalue weighted by Crippen LogP contribution is -2.23. The quantitative estimate of drug-likeness (QED) is 0.700. The zero-order chi connectivity index (χ0) is 19.1. The molecule has 2 N–H and O–H groups in total. The number of rotatable bonds is 6. The summed E-state index contributed by atoms with van der Waals surface area (Å²) >= 11 is 3.09. The Balaban J connectivity index is 1.93. The summed E-state index contributed by atoms with van der Waals surface area (Å²) in [7, 11) is 0. The highest BCUT2D eigenvalue weighted by atomic mass is 79.9. The van der Waals surface area contributed by atoms with Crippen LogP contribution in [0.2, 0.25) is 0 Å². The maximum atomic E-state index is 13.7. The minimum Gasteiger partial charge on any atom is -0.452 e. The number of nitrogens with one attached hydrogen (secondary N) is 2. The summed E-state index contributed by atoms with van der Waals surface area (Å²) in [6.07, 6.45) is 0. The smallest absolute Gasteiger partial charge is 0.341 e. The van der Waals surface area contributed by atoms with Gasteiger partial charge >= 0.3 is 5.97 Å². The first-order chi connectivity index (χ1) is 12.4. The summed E-state index contributed by atoms with van der Waals surface area (Å²) in [5, 5.41) is 5.16. The van der Waals surface area contributed by atoms with Crippen molar-refractivity contribution in [2.45, 2.75) is 6.92 Å². The average molecular weight is 423 g/mol. The highest BCUT2D eigenvalue weighted by Crippen LogP contribution is 2.16. The van der Waals surface area contributed by atoms with Gasteiger partial charge in [0.15, 0.2) is 6.61 Å². The molecule has 0 aliphatic rings. The summed E-state index contributed by atoms with van der Waals surface area (Å²) in [6, 6.07) is 10.2. The first kappa shape index (κ1) is 19.6. The number of carbonyl (C=O) groups excluding carboxylic acids is 3. The van der Waals surface area contributed by atoms with E-state index < -0.39 is 24.3 Å². The van der Waals surface area contributed by atoms with Crippen LogP contribution in [0, 0.1) is 5.82 Å². The lowest BCUT2D eigenvalue weighted by Gasteiger charge is -2.09. The monoisotopic (exact) mass is 422 g/mol. The number of hydrogen-bond donors (Lipinski definition) is 2. The number of hydrogen-bond acceptors (Lipinski definition) is 4. The van der Waals surface area contributed by atoms with Crippen LogP contribution in [0.3, 0.4) is 0 Å². The lowest BCUT2D eigenvalue weighted by molar-refractivity contribution is -0.119. The predicted molar refractivity (Wildman–Crippen MR) is 97.5 cm³/mol. The molecule has 6 nitrogen and oxygen atoms in total. The molecule has 2 aromatic carbocycles. The van der Waals surface area contributed by atoms with Gasteiger partial charge in [0.25, 0.3) is 11.8 Å². The molecule has 0 aliphatic carbocycles. The van der Waals surface area contributed by atoms with E-state index in [2.05, 4.69) is 26.6 Å². The molecule has 2 amide bonds. The van der Waals surface area contributed by atoms with E-state index in [0.29, 0.717) is 22.3 Å². The molecule has 26 heavy (non-hydrogen) atoms. The molecule has 0 bridgehead atoms. The molecule has 2 rings (SSSR count). The maximum absolute atomic E-state index is 13.7. The van der Waals surface area contributed by atoms with Gasteiger partial charge in [0, 0.05) is 22.3 Å². The summed E-state index contributed by atoms with van der Waals surface area (Å²) < 4.78 is 19.0. The van der Waals surface area contributed by atoms with Gasteiger partial charge in [-0.2, -0.15) is 0 Å². The van der Waals surface area contributed by atoms with Crippen LogP contribution >= 0.6 is 15.9 Å². The third-order valence-electron chi connectivity index (χ3n) is 3.23. The van der Waals surface area contributed by atoms with E-state index in [1.165, 1.54) is 18.2 Å². The van der Waals surface area contributed by atoms with Gasteiger partial charge in [-0.3, -0.25) is 9.59 Å². The molecule has 0 fully saturated rings. The highest BCUT2D eigenvalue weighted by Gasteiger charge is 2.15. The molecule has 0 saturated heterocycles. The third kappa shape index (κ3) is 5.38. The molecule has 0 atom stereocenters. The third-order valence-corrected chi connectivity index (χ3v) is 3.72. The summed E-state index contributed by atoms with van der Waals surface area (Å²) in [4.78, 5) is 35.5. The van der Waals surface area contributed by atoms with Crippen LogP contribution in [0.1, 0.15) is 27.6 Å². The van der Waals surface area contributed by atoms with Crippen LogP contribution in [0.5, 0.6) is 0 Å². The van der Waals surface area contributed by atoms with Crippen molar-refractivity contribution < 1.29 is 23.5 Å². The second-order valence-corrected chi connectivity index (χ2v) is 6.10. The van der Waals surface area contributed by atoms with E-state index in [4.69, 9.17) is 4.74 Å². The molecular weight excluding hydrogens is 407 g/mol. The van der Waals surface area contributed by atoms with E-state index in [0.717, 1.165) is 6.07 Å². The van der Waals surface area contributed by atoms with E-state index >= 15 is 0 Å². The number of halogens is 2. The van der Waals surface area contributed by atoms with Gasteiger partial charge in [-0.1, -0.05) is 22.0 Å². The van der Waals surface area contributed by atoms with Crippen LogP contribution in [0.25, 0.3) is 0 Å². The molecule has 0 saturated carbocycles. The molecule has 8 heteroatoms. The molecule has 0 radical (unpaired) electrons. The molecule has 0 unspecified atom stereocenters. The Morgan fingerprint density at radius 2 is 1.92 bits per heavy atom. The summed E-state index contributed by atoms with van der Waals surface area (Å²) in [6.45, 7) is 1.70. The Kier molecular flexibility index (Phi) is 6.85. The fourth-order valence-corrected chi connectivity index (χ4v) is 2.39. The topological polar surface area (TPSA) is 84.5 Å². The van der Waals surface area contributed by atoms with Crippen LogP contribution in [-0.2, 0) is 9.53 Å². The normalized spacial score (nSPS) is 10.1. The summed E-state index contributed by atoms with van der Waals surface area (Å²) in [5.74, 6) is -2.56. The van der Waals surface area contributed by atoms with E-state index in [-0.39, 0.29) is 11.5 Å². The Hall–Kier alpha value is -2.74. The molecule has 136 valence electrons. The van der Waals surface area contributed by atoms with Crippen molar-refractivity contribution in [3.8, 4) is 0 Å². The number of ether oxygens (including phenoxy) is 1. The number of carbonyl (C=O) groups is 3. The van der Waals surface area contributed by atoms with Crippen molar-refractivity contribution in [3.05, 3.63) is 63.9 Å². The standard InChI is InChI=1S/C18H16BrFN2O4/c1-2-21-17(24)11-4-3-5-13(8-11)22-16(23)10-26-18(25)14-7-6-12(19)9-15(14)20/h3-9H,2,10H2,1H3,(H,21,24)(H,22,23). The van der Waals surface area contributed by atoms with Gasteiger partial charge in [0.1, 0.15) is 5.82 Å².